The zero-order chi connectivity index (χ0) is 11.7. The number of hydrogen-bond acceptors (Lipinski definition) is 5. The molecule has 0 fully saturated rings. The molecule has 0 saturated heterocycles. The van der Waals surface area contributed by atoms with E-state index in [4.69, 9.17) is 15.5 Å². The molecule has 0 aliphatic rings. The van der Waals surface area contributed by atoms with Gasteiger partial charge in [-0.25, -0.2) is 4.31 Å². The van der Waals surface area contributed by atoms with Crippen LogP contribution in [-0.4, -0.2) is 14.8 Å². The minimum atomic E-state index is -3.20. The normalized spacial score (nSPS) is 13.5. The molecule has 9 heteroatoms. The standard InChI is InChI=1S/C6H8N2.H4O5P2/c7-5-6-3-1-2-4-8-6;1-6(2)5-7(3)4/h1-4H,5,7H2;6-7H,(H,1,2)(H,3,4). The van der Waals surface area contributed by atoms with Gasteiger partial charge in [0, 0.05) is 12.7 Å². The predicted octanol–water partition coefficient (Wildman–Crippen LogP) is 0.307. The second-order valence-electron chi connectivity index (χ2n) is 2.16. The third-order valence-electron chi connectivity index (χ3n) is 1.11. The molecule has 1 aromatic heterocycles. The van der Waals surface area contributed by atoms with Crippen molar-refractivity contribution in [1.29, 1.82) is 0 Å². The Morgan fingerprint density at radius 2 is 1.93 bits per heavy atom. The number of nitrogens with zero attached hydrogens (tertiary/aromatic N) is 1. The molecule has 0 spiro atoms. The first-order valence-corrected chi connectivity index (χ1v) is 6.32. The van der Waals surface area contributed by atoms with Gasteiger partial charge < -0.3 is 15.5 Å². The molecule has 2 atom stereocenters. The van der Waals surface area contributed by atoms with E-state index >= 15 is 0 Å². The van der Waals surface area contributed by atoms with E-state index in [1.165, 1.54) is 0 Å². The Balaban J connectivity index is 0.000000265. The van der Waals surface area contributed by atoms with Crippen molar-refractivity contribution >= 4 is 16.5 Å². The maximum Gasteiger partial charge on any atom is 0.323 e. The Kier molecular flexibility index (Phi) is 8.41. The first-order valence-electron chi connectivity index (χ1n) is 3.80. The molecule has 0 aliphatic carbocycles. The summed E-state index contributed by atoms with van der Waals surface area (Å²) in [5.41, 5.74) is 6.22. The molecule has 2 unspecified atom stereocenters. The van der Waals surface area contributed by atoms with Crippen LogP contribution in [0.1, 0.15) is 5.69 Å². The zero-order valence-electron chi connectivity index (χ0n) is 7.66. The summed E-state index contributed by atoms with van der Waals surface area (Å²) in [5.74, 6) is 0. The first kappa shape index (κ1) is 14.5. The Bertz CT molecular complexity index is 309. The second kappa shape index (κ2) is 8.73. The lowest BCUT2D eigenvalue weighted by molar-refractivity contribution is 0.371. The zero-order valence-corrected chi connectivity index (χ0v) is 9.66. The van der Waals surface area contributed by atoms with Crippen LogP contribution in [-0.2, 0) is 20.0 Å². The molecule has 0 bridgehead atoms. The van der Waals surface area contributed by atoms with Crippen LogP contribution in [0.25, 0.3) is 0 Å². The van der Waals surface area contributed by atoms with Crippen molar-refractivity contribution < 1.29 is 23.2 Å². The number of aromatic nitrogens is 1. The van der Waals surface area contributed by atoms with E-state index in [0.29, 0.717) is 6.54 Å². The molecular formula is C6H12N2O5P2. The fourth-order valence-electron chi connectivity index (χ4n) is 0.594. The van der Waals surface area contributed by atoms with E-state index in [1.54, 1.807) is 6.20 Å². The molecular weight excluding hydrogens is 242 g/mol. The van der Waals surface area contributed by atoms with Gasteiger partial charge in [-0.05, 0) is 12.1 Å². The lowest BCUT2D eigenvalue weighted by atomic mass is 10.4. The van der Waals surface area contributed by atoms with Crippen LogP contribution in [0.15, 0.2) is 24.4 Å². The van der Waals surface area contributed by atoms with Crippen LogP contribution in [0.2, 0.25) is 0 Å². The van der Waals surface area contributed by atoms with E-state index in [9.17, 15) is 9.13 Å². The van der Waals surface area contributed by atoms with Crippen molar-refractivity contribution in [3.63, 3.8) is 0 Å². The van der Waals surface area contributed by atoms with Crippen molar-refractivity contribution in [2.75, 3.05) is 0 Å². The minimum Gasteiger partial charge on any atom is -0.326 e. The van der Waals surface area contributed by atoms with Crippen LogP contribution >= 0.6 is 16.5 Å². The molecule has 1 heterocycles. The van der Waals surface area contributed by atoms with Gasteiger partial charge in [-0.2, -0.15) is 0 Å². The number of rotatable bonds is 3. The molecule has 15 heavy (non-hydrogen) atoms. The summed E-state index contributed by atoms with van der Waals surface area (Å²) >= 11 is 0. The Morgan fingerprint density at radius 3 is 2.13 bits per heavy atom. The van der Waals surface area contributed by atoms with Crippen molar-refractivity contribution in [3.8, 4) is 0 Å². The highest BCUT2D eigenvalue weighted by molar-refractivity contribution is 7.46. The predicted molar refractivity (Wildman–Crippen MR) is 55.7 cm³/mol. The average Bonchev–Trinajstić information content (AvgIpc) is 2.18. The van der Waals surface area contributed by atoms with Crippen LogP contribution in [0.4, 0.5) is 0 Å². The Hall–Kier alpha value is -0.550. The number of pyridine rings is 1. The van der Waals surface area contributed by atoms with E-state index in [1.807, 2.05) is 18.2 Å². The van der Waals surface area contributed by atoms with E-state index in [0.717, 1.165) is 5.69 Å². The smallest absolute Gasteiger partial charge is 0.323 e. The molecule has 0 radical (unpaired) electrons. The number of hydrogen-bond donors (Lipinski definition) is 3. The van der Waals surface area contributed by atoms with E-state index < -0.39 is 16.5 Å². The molecule has 7 nitrogen and oxygen atoms in total. The monoisotopic (exact) mass is 254 g/mol. The van der Waals surface area contributed by atoms with Crippen molar-refractivity contribution in [2.45, 2.75) is 6.54 Å². The summed E-state index contributed by atoms with van der Waals surface area (Å²) in [4.78, 5) is 19.4. The van der Waals surface area contributed by atoms with Gasteiger partial charge in [-0.1, -0.05) is 6.07 Å². The van der Waals surface area contributed by atoms with Crippen molar-refractivity contribution in [1.82, 2.24) is 4.98 Å². The fraction of sp³-hybridized carbons (Fsp3) is 0.167. The first-order chi connectivity index (χ1) is 7.06. The largest absolute Gasteiger partial charge is 0.326 e. The average molecular weight is 254 g/mol. The lowest BCUT2D eigenvalue weighted by Gasteiger charge is -1.89. The molecule has 0 saturated carbocycles. The highest BCUT2D eigenvalue weighted by Gasteiger charge is 1.93. The van der Waals surface area contributed by atoms with Gasteiger partial charge in [0.25, 0.3) is 0 Å². The van der Waals surface area contributed by atoms with Gasteiger partial charge >= 0.3 is 16.5 Å². The third-order valence-corrected chi connectivity index (χ3v) is 2.51. The summed E-state index contributed by atoms with van der Waals surface area (Å²) in [7, 11) is -6.40. The molecule has 0 amide bonds. The summed E-state index contributed by atoms with van der Waals surface area (Å²) in [6.45, 7) is 0.529. The highest BCUT2D eigenvalue weighted by atomic mass is 31.2. The minimum absolute atomic E-state index is 0.529. The highest BCUT2D eigenvalue weighted by Crippen LogP contribution is 2.30. The van der Waals surface area contributed by atoms with Crippen LogP contribution < -0.4 is 5.73 Å². The summed E-state index contributed by atoms with van der Waals surface area (Å²) < 4.78 is 22.3. The van der Waals surface area contributed by atoms with Crippen molar-refractivity contribution in [3.05, 3.63) is 30.1 Å². The summed E-state index contributed by atoms with van der Waals surface area (Å²) in [6.07, 6.45) is 1.74. The molecule has 86 valence electrons. The van der Waals surface area contributed by atoms with Gasteiger partial charge in [0.1, 0.15) is 0 Å². The molecule has 1 rings (SSSR count). The fourth-order valence-corrected chi connectivity index (χ4v) is 1.19. The van der Waals surface area contributed by atoms with Gasteiger partial charge in [0.05, 0.1) is 5.69 Å². The molecule has 0 aliphatic heterocycles. The van der Waals surface area contributed by atoms with Gasteiger partial charge in [0.15, 0.2) is 0 Å². The molecule has 1 aromatic rings. The molecule has 4 N–H and O–H groups in total. The maximum absolute atomic E-state index is 9.44. The SMILES string of the molecule is NCc1ccccn1.O=[PH](O)O[PH](=O)O. The van der Waals surface area contributed by atoms with Gasteiger partial charge in [-0.3, -0.25) is 14.1 Å². The van der Waals surface area contributed by atoms with Crippen molar-refractivity contribution in [2.24, 2.45) is 5.73 Å². The Labute approximate surface area is 87.8 Å². The van der Waals surface area contributed by atoms with E-state index in [2.05, 4.69) is 9.29 Å². The summed E-state index contributed by atoms with van der Waals surface area (Å²) in [6, 6.07) is 5.70. The summed E-state index contributed by atoms with van der Waals surface area (Å²) in [5, 5.41) is 0. The molecule has 0 aromatic carbocycles. The lowest BCUT2D eigenvalue weighted by Crippen LogP contribution is -1.97. The van der Waals surface area contributed by atoms with E-state index in [-0.39, 0.29) is 0 Å². The quantitative estimate of drug-likeness (QED) is 0.663. The second-order valence-corrected chi connectivity index (χ2v) is 4.04. The maximum atomic E-state index is 9.44. The Morgan fingerprint density at radius 1 is 1.33 bits per heavy atom. The number of nitrogens with two attached hydrogens (primary N) is 1. The topological polar surface area (TPSA) is 123 Å². The van der Waals surface area contributed by atoms with Crippen LogP contribution in [0.3, 0.4) is 0 Å². The van der Waals surface area contributed by atoms with Gasteiger partial charge in [0.2, 0.25) is 0 Å². The van der Waals surface area contributed by atoms with Crippen LogP contribution in [0.5, 0.6) is 0 Å². The third kappa shape index (κ3) is 9.75. The van der Waals surface area contributed by atoms with Gasteiger partial charge in [-0.15, -0.1) is 0 Å². The van der Waals surface area contributed by atoms with Crippen LogP contribution in [0, 0.1) is 0 Å².